The topological polar surface area (TPSA) is 61.9 Å². The molecule has 2 amide bonds. The number of rotatable bonds is 1. The van der Waals surface area contributed by atoms with Crippen LogP contribution in [0.5, 0.6) is 0 Å². The summed E-state index contributed by atoms with van der Waals surface area (Å²) in [5.41, 5.74) is -0.367. The van der Waals surface area contributed by atoms with Crippen LogP contribution in [0.1, 0.15) is 52.9 Å². The van der Waals surface area contributed by atoms with Gasteiger partial charge in [-0.15, -0.1) is 0 Å². The van der Waals surface area contributed by atoms with Crippen LogP contribution in [0.25, 0.3) is 0 Å². The summed E-state index contributed by atoms with van der Waals surface area (Å²) in [4.78, 5) is 27.1. The van der Waals surface area contributed by atoms with Crippen LogP contribution >= 0.6 is 0 Å². The largest absolute Gasteiger partial charge is 0.444 e. The van der Waals surface area contributed by atoms with Gasteiger partial charge in [0, 0.05) is 38.3 Å². The van der Waals surface area contributed by atoms with Crippen LogP contribution in [0.4, 0.5) is 4.79 Å². The van der Waals surface area contributed by atoms with Gasteiger partial charge in [-0.2, -0.15) is 0 Å². The molecule has 0 aromatic rings. The lowest BCUT2D eigenvalue weighted by Gasteiger charge is -2.34. The Kier molecular flexibility index (Phi) is 6.14. The number of ether oxygens (including phenoxy) is 1. The molecule has 4 atom stereocenters. The smallest absolute Gasteiger partial charge is 0.410 e. The molecule has 3 aliphatic heterocycles. The number of carbonyl (C=O) groups is 2. The highest BCUT2D eigenvalue weighted by atomic mass is 16.6. The molecule has 6 nitrogen and oxygen atoms in total. The molecule has 3 heterocycles. The molecule has 4 unspecified atom stereocenters. The maximum atomic E-state index is 11.8. The van der Waals surface area contributed by atoms with Crippen molar-refractivity contribution in [3.63, 3.8) is 0 Å². The molecule has 1 saturated carbocycles. The molecule has 3 saturated heterocycles. The fourth-order valence-corrected chi connectivity index (χ4v) is 4.93. The van der Waals surface area contributed by atoms with E-state index >= 15 is 0 Å². The lowest BCUT2D eigenvalue weighted by atomic mass is 9.99. The normalized spacial score (nSPS) is 31.8. The van der Waals surface area contributed by atoms with E-state index in [1.807, 2.05) is 30.6 Å². The molecule has 1 N–H and O–H groups in total. The third-order valence-corrected chi connectivity index (χ3v) is 6.07. The third kappa shape index (κ3) is 5.03. The van der Waals surface area contributed by atoms with Crippen molar-refractivity contribution in [2.75, 3.05) is 26.2 Å². The van der Waals surface area contributed by atoms with Gasteiger partial charge in [0.2, 0.25) is 5.91 Å². The Morgan fingerprint density at radius 2 is 1.59 bits per heavy atom. The molecule has 4 rings (SSSR count). The maximum absolute atomic E-state index is 11.8. The van der Waals surface area contributed by atoms with E-state index in [9.17, 15) is 9.59 Å². The summed E-state index contributed by atoms with van der Waals surface area (Å²) < 4.78 is 5.39. The third-order valence-electron chi connectivity index (χ3n) is 6.07. The molecule has 0 radical (unpaired) electrons. The van der Waals surface area contributed by atoms with E-state index in [0.717, 1.165) is 50.9 Å². The number of hydrogen-bond acceptors (Lipinski definition) is 4. The summed E-state index contributed by atoms with van der Waals surface area (Å²) in [6, 6.07) is 0.850. The van der Waals surface area contributed by atoms with E-state index in [4.69, 9.17) is 4.74 Å². The summed E-state index contributed by atoms with van der Waals surface area (Å²) in [6.45, 7) is 13.0. The van der Waals surface area contributed by atoms with Crippen molar-refractivity contribution in [2.45, 2.75) is 70.6 Å². The predicted octanol–water partition coefficient (Wildman–Crippen LogP) is 2.79. The van der Waals surface area contributed by atoms with Crippen molar-refractivity contribution < 1.29 is 14.3 Å². The second kappa shape index (κ2) is 8.21. The summed E-state index contributed by atoms with van der Waals surface area (Å²) >= 11 is 0. The minimum absolute atomic E-state index is 0.101. The Morgan fingerprint density at radius 1 is 1.04 bits per heavy atom. The number of fused-ring (bicyclic) bond motifs is 4. The van der Waals surface area contributed by atoms with Gasteiger partial charge in [-0.1, -0.05) is 6.58 Å². The van der Waals surface area contributed by atoms with E-state index in [-0.39, 0.29) is 17.6 Å². The summed E-state index contributed by atoms with van der Waals surface area (Å²) in [5, 5.41) is 3.33. The fraction of sp³-hybridized carbons (Fsp3) is 0.810. The van der Waals surface area contributed by atoms with E-state index in [2.05, 4.69) is 11.9 Å². The number of piperazine rings is 1. The second-order valence-corrected chi connectivity index (χ2v) is 9.42. The summed E-state index contributed by atoms with van der Waals surface area (Å²) in [7, 11) is 0. The monoisotopic (exact) mass is 377 g/mol. The summed E-state index contributed by atoms with van der Waals surface area (Å²) in [5.74, 6) is 1.57. The Morgan fingerprint density at radius 3 is 2.07 bits per heavy atom. The van der Waals surface area contributed by atoms with Gasteiger partial charge < -0.3 is 19.9 Å². The molecule has 4 bridgehead atoms. The Hall–Kier alpha value is -1.56. The van der Waals surface area contributed by atoms with Gasteiger partial charge >= 0.3 is 6.09 Å². The van der Waals surface area contributed by atoms with Gasteiger partial charge in [-0.25, -0.2) is 4.79 Å². The average molecular weight is 378 g/mol. The second-order valence-electron chi connectivity index (χ2n) is 9.42. The van der Waals surface area contributed by atoms with E-state index in [0.29, 0.717) is 12.1 Å². The number of amides is 2. The molecule has 4 aliphatic rings. The Balaban J connectivity index is 0.000000159. The van der Waals surface area contributed by atoms with E-state index in [1.165, 1.54) is 25.3 Å². The fourth-order valence-electron chi connectivity index (χ4n) is 4.93. The quantitative estimate of drug-likeness (QED) is 0.714. The molecular weight excluding hydrogens is 342 g/mol. The average Bonchev–Trinajstić information content (AvgIpc) is 3.07. The molecule has 0 aromatic carbocycles. The highest BCUT2D eigenvalue weighted by Gasteiger charge is 2.38. The van der Waals surface area contributed by atoms with Gasteiger partial charge in [-0.3, -0.25) is 4.79 Å². The lowest BCUT2D eigenvalue weighted by molar-refractivity contribution is -0.129. The van der Waals surface area contributed by atoms with Gasteiger partial charge in [0.25, 0.3) is 0 Å². The highest BCUT2D eigenvalue weighted by Crippen LogP contribution is 2.36. The van der Waals surface area contributed by atoms with Gasteiger partial charge in [0.1, 0.15) is 5.60 Å². The molecule has 27 heavy (non-hydrogen) atoms. The van der Waals surface area contributed by atoms with Crippen LogP contribution in [-0.2, 0) is 9.53 Å². The number of carbonyl (C=O) groups excluding carboxylic acids is 2. The van der Waals surface area contributed by atoms with Crippen LogP contribution in [0.2, 0.25) is 0 Å². The lowest BCUT2D eigenvalue weighted by Crippen LogP contribution is -2.53. The zero-order chi connectivity index (χ0) is 19.6. The number of hydrogen-bond donors (Lipinski definition) is 1. The standard InChI is InChI=1S/C12H21NO2.C9H14N2O/c1-12(2,3)15-11(14)13-7-9-4-5-10(6-9)8-13;1-2-9(12)11-7-3-4-8(11)6-10-5-7/h9-10H,4-8H2,1-3H3;2,7-8,10H,1,3-6H2. The number of likely N-dealkylation sites (tertiary alicyclic amines) is 1. The Bertz CT molecular complexity index is 544. The first-order valence-corrected chi connectivity index (χ1v) is 10.4. The van der Waals surface area contributed by atoms with Crippen molar-refractivity contribution in [2.24, 2.45) is 11.8 Å². The SMILES string of the molecule is C=CC(=O)N1C2CCC1CNC2.CC(C)(C)OC(=O)N1CC2CCC(C2)C1. The van der Waals surface area contributed by atoms with E-state index in [1.54, 1.807) is 0 Å². The molecule has 0 spiro atoms. The predicted molar refractivity (Wildman–Crippen MR) is 105 cm³/mol. The maximum Gasteiger partial charge on any atom is 0.410 e. The van der Waals surface area contributed by atoms with Crippen molar-refractivity contribution in [3.05, 3.63) is 12.7 Å². The highest BCUT2D eigenvalue weighted by molar-refractivity contribution is 5.87. The molecular formula is C21H35N3O3. The zero-order valence-electron chi connectivity index (χ0n) is 17.1. The zero-order valence-corrected chi connectivity index (χ0v) is 17.1. The molecule has 6 heteroatoms. The number of nitrogens with zero attached hydrogens (tertiary/aromatic N) is 2. The van der Waals surface area contributed by atoms with Crippen molar-refractivity contribution in [1.29, 1.82) is 0 Å². The molecule has 0 aromatic heterocycles. The minimum Gasteiger partial charge on any atom is -0.444 e. The van der Waals surface area contributed by atoms with E-state index < -0.39 is 0 Å². The van der Waals surface area contributed by atoms with Crippen molar-refractivity contribution in [3.8, 4) is 0 Å². The van der Waals surface area contributed by atoms with Gasteiger partial charge in [-0.05, 0) is 70.8 Å². The number of nitrogens with one attached hydrogen (secondary N) is 1. The summed E-state index contributed by atoms with van der Waals surface area (Å²) in [6.07, 6.45) is 7.51. The van der Waals surface area contributed by atoms with Gasteiger partial charge in [0.05, 0.1) is 0 Å². The first-order valence-electron chi connectivity index (χ1n) is 10.4. The van der Waals surface area contributed by atoms with Crippen molar-refractivity contribution >= 4 is 12.0 Å². The van der Waals surface area contributed by atoms with Gasteiger partial charge in [0.15, 0.2) is 0 Å². The molecule has 1 aliphatic carbocycles. The van der Waals surface area contributed by atoms with Crippen LogP contribution < -0.4 is 5.32 Å². The van der Waals surface area contributed by atoms with Crippen LogP contribution in [0.15, 0.2) is 12.7 Å². The first kappa shape index (κ1) is 20.2. The minimum atomic E-state index is -0.367. The molecule has 4 fully saturated rings. The number of piperidine rings is 1. The van der Waals surface area contributed by atoms with Crippen LogP contribution in [0.3, 0.4) is 0 Å². The van der Waals surface area contributed by atoms with Crippen LogP contribution in [0, 0.1) is 11.8 Å². The Labute approximate surface area is 163 Å². The van der Waals surface area contributed by atoms with Crippen molar-refractivity contribution in [1.82, 2.24) is 15.1 Å². The van der Waals surface area contributed by atoms with Crippen LogP contribution in [-0.4, -0.2) is 65.7 Å². The first-order chi connectivity index (χ1) is 12.8. The molecule has 152 valence electrons.